The van der Waals surface area contributed by atoms with Gasteiger partial charge in [-0.1, -0.05) is 104 Å². The van der Waals surface area contributed by atoms with Gasteiger partial charge in [0.1, 0.15) is 0 Å². The van der Waals surface area contributed by atoms with Gasteiger partial charge in [0.05, 0.1) is 0 Å². The summed E-state index contributed by atoms with van der Waals surface area (Å²) in [7, 11) is 0. The lowest BCUT2D eigenvalue weighted by Crippen LogP contribution is -2.22. The molecule has 0 heterocycles. The summed E-state index contributed by atoms with van der Waals surface area (Å²) in [4.78, 5) is 0. The van der Waals surface area contributed by atoms with Gasteiger partial charge in [-0.2, -0.15) is 0 Å². The second-order valence-corrected chi connectivity index (χ2v) is 9.27. The van der Waals surface area contributed by atoms with Gasteiger partial charge < -0.3 is 5.48 Å². The van der Waals surface area contributed by atoms with E-state index in [4.69, 9.17) is 0 Å². The molecule has 1 fully saturated rings. The predicted molar refractivity (Wildman–Crippen MR) is 144 cm³/mol. The van der Waals surface area contributed by atoms with E-state index in [-0.39, 0.29) is 5.48 Å². The fraction of sp³-hybridized carbons (Fsp3) is 0.800. The lowest BCUT2D eigenvalue weighted by atomic mass is 9.71. The Kier molecular flexibility index (Phi) is 20.7. The molecule has 0 aliphatic heterocycles. The van der Waals surface area contributed by atoms with Crippen LogP contribution in [0.4, 0.5) is 0 Å². The molecule has 2 N–H and O–H groups in total. The average Bonchev–Trinajstić information content (AvgIpc) is 2.81. The van der Waals surface area contributed by atoms with Crippen molar-refractivity contribution in [2.45, 2.75) is 133 Å². The lowest BCUT2D eigenvalue weighted by molar-refractivity contribution is 0.220. The summed E-state index contributed by atoms with van der Waals surface area (Å²) in [6.07, 6.45) is 22.7. The molecule has 1 saturated carbocycles. The van der Waals surface area contributed by atoms with E-state index in [2.05, 4.69) is 52.8 Å². The molecule has 31 heavy (non-hydrogen) atoms. The fourth-order valence-electron chi connectivity index (χ4n) is 5.10. The maximum atomic E-state index is 2.60. The minimum atomic E-state index is 0. The first-order valence-corrected chi connectivity index (χ1v) is 13.6. The fourth-order valence-corrected chi connectivity index (χ4v) is 5.10. The molecule has 2 aliphatic carbocycles. The maximum absolute atomic E-state index is 2.60. The third-order valence-electron chi connectivity index (χ3n) is 7.29. The standard InChI is InChI=1S/C26H44.2C2H6.H2O/c1-6-21(5)25-13-10-14-26(19-25)24-17-15-22(16-18-24)11-8-9-12-23(7-2)20(3)4;2*1-2;/h15,17-18,21-22,25-26H,6-14,16,19H2,1-5H3;2*1-2H3;1H2. The topological polar surface area (TPSA) is 31.5 Å². The van der Waals surface area contributed by atoms with Crippen molar-refractivity contribution in [2.75, 3.05) is 0 Å². The van der Waals surface area contributed by atoms with Crippen molar-refractivity contribution in [3.05, 3.63) is 34.9 Å². The smallest absolute Gasteiger partial charge is 0.0162 e. The largest absolute Gasteiger partial charge is 0.412 e. The highest BCUT2D eigenvalue weighted by atomic mass is 16.0. The van der Waals surface area contributed by atoms with E-state index in [0.29, 0.717) is 0 Å². The first kappa shape index (κ1) is 32.4. The highest BCUT2D eigenvalue weighted by molar-refractivity contribution is 5.26. The van der Waals surface area contributed by atoms with Crippen molar-refractivity contribution in [3.8, 4) is 0 Å². The summed E-state index contributed by atoms with van der Waals surface area (Å²) in [5.74, 6) is 3.52. The Balaban J connectivity index is 0. The molecule has 0 aromatic carbocycles. The van der Waals surface area contributed by atoms with Crippen molar-refractivity contribution < 1.29 is 5.48 Å². The van der Waals surface area contributed by atoms with Gasteiger partial charge in [-0.25, -0.2) is 0 Å². The number of hydrogen-bond acceptors (Lipinski definition) is 0. The van der Waals surface area contributed by atoms with Crippen LogP contribution in [0.5, 0.6) is 0 Å². The molecule has 0 spiro atoms. The Hall–Kier alpha value is -0.820. The Morgan fingerprint density at radius 3 is 2.23 bits per heavy atom. The van der Waals surface area contributed by atoms with E-state index in [1.807, 2.05) is 27.7 Å². The van der Waals surface area contributed by atoms with E-state index in [1.54, 1.807) is 16.7 Å². The predicted octanol–water partition coefficient (Wildman–Crippen LogP) is 9.88. The highest BCUT2D eigenvalue weighted by Gasteiger charge is 2.27. The van der Waals surface area contributed by atoms with Gasteiger partial charge >= 0.3 is 0 Å². The summed E-state index contributed by atoms with van der Waals surface area (Å²) in [5, 5.41) is 0. The van der Waals surface area contributed by atoms with Crippen LogP contribution in [0.15, 0.2) is 34.9 Å². The molecule has 4 unspecified atom stereocenters. The second kappa shape index (κ2) is 19.8. The van der Waals surface area contributed by atoms with Crippen LogP contribution in [0.1, 0.15) is 133 Å². The summed E-state index contributed by atoms with van der Waals surface area (Å²) >= 11 is 0. The van der Waals surface area contributed by atoms with Crippen molar-refractivity contribution in [3.63, 3.8) is 0 Å². The summed E-state index contributed by atoms with van der Waals surface area (Å²) in [6, 6.07) is 0. The number of hydrogen-bond donors (Lipinski definition) is 0. The van der Waals surface area contributed by atoms with Crippen molar-refractivity contribution in [1.82, 2.24) is 0 Å². The first-order chi connectivity index (χ1) is 14.5. The van der Waals surface area contributed by atoms with Crippen molar-refractivity contribution >= 4 is 0 Å². The molecular formula is C30H58O. The normalized spacial score (nSPS) is 23.1. The summed E-state index contributed by atoms with van der Waals surface area (Å²) in [6.45, 7) is 19.7. The van der Waals surface area contributed by atoms with E-state index in [0.717, 1.165) is 23.7 Å². The third-order valence-corrected chi connectivity index (χ3v) is 7.29. The molecular weight excluding hydrogens is 376 g/mol. The third kappa shape index (κ3) is 12.1. The van der Waals surface area contributed by atoms with Gasteiger partial charge in [0.15, 0.2) is 0 Å². The molecule has 0 aromatic rings. The monoisotopic (exact) mass is 434 g/mol. The number of unbranched alkanes of at least 4 members (excludes halogenated alkanes) is 1. The van der Waals surface area contributed by atoms with Gasteiger partial charge in [-0.3, -0.25) is 0 Å². The molecule has 0 amide bonds. The lowest BCUT2D eigenvalue weighted by Gasteiger charge is -2.34. The summed E-state index contributed by atoms with van der Waals surface area (Å²) in [5.41, 5.74) is 4.90. The Morgan fingerprint density at radius 1 is 1.03 bits per heavy atom. The Morgan fingerprint density at radius 2 is 1.71 bits per heavy atom. The van der Waals surface area contributed by atoms with Crippen LogP contribution in [0, 0.1) is 23.7 Å². The van der Waals surface area contributed by atoms with Gasteiger partial charge in [-0.05, 0) is 88.0 Å². The van der Waals surface area contributed by atoms with Gasteiger partial charge in [-0.15, -0.1) is 0 Å². The van der Waals surface area contributed by atoms with Crippen LogP contribution in [-0.2, 0) is 0 Å². The zero-order chi connectivity index (χ0) is 22.9. The minimum Gasteiger partial charge on any atom is -0.412 e. The van der Waals surface area contributed by atoms with Crippen LogP contribution in [-0.4, -0.2) is 5.48 Å². The molecule has 0 aromatic heterocycles. The second-order valence-electron chi connectivity index (χ2n) is 9.27. The van der Waals surface area contributed by atoms with Crippen molar-refractivity contribution in [2.24, 2.45) is 23.7 Å². The molecule has 2 rings (SSSR count). The SMILES string of the molecule is CC.CC.CCC(CCCCC1C=CC(C2CCCC(C(C)CC)C2)=CC1)=C(C)C.O. The van der Waals surface area contributed by atoms with Crippen LogP contribution in [0.25, 0.3) is 0 Å². The summed E-state index contributed by atoms with van der Waals surface area (Å²) < 4.78 is 0. The number of rotatable bonds is 9. The molecule has 1 nitrogen and oxygen atoms in total. The zero-order valence-electron chi connectivity index (χ0n) is 22.8. The molecule has 1 heteroatoms. The molecule has 184 valence electrons. The van der Waals surface area contributed by atoms with E-state index >= 15 is 0 Å². The molecule has 4 atom stereocenters. The quantitative estimate of drug-likeness (QED) is 0.255. The number of allylic oxidation sites excluding steroid dienone is 6. The van der Waals surface area contributed by atoms with Crippen LogP contribution < -0.4 is 0 Å². The zero-order valence-corrected chi connectivity index (χ0v) is 22.8. The van der Waals surface area contributed by atoms with Crippen LogP contribution >= 0.6 is 0 Å². The van der Waals surface area contributed by atoms with E-state index in [9.17, 15) is 0 Å². The molecule has 0 saturated heterocycles. The van der Waals surface area contributed by atoms with Gasteiger partial charge in [0.25, 0.3) is 0 Å². The highest BCUT2D eigenvalue weighted by Crippen LogP contribution is 2.40. The van der Waals surface area contributed by atoms with Gasteiger partial charge in [0.2, 0.25) is 0 Å². The molecule has 0 bridgehead atoms. The Labute approximate surface area is 197 Å². The van der Waals surface area contributed by atoms with Crippen LogP contribution in [0.3, 0.4) is 0 Å². The average molecular weight is 435 g/mol. The van der Waals surface area contributed by atoms with Crippen molar-refractivity contribution in [1.29, 1.82) is 0 Å². The minimum absolute atomic E-state index is 0. The van der Waals surface area contributed by atoms with E-state index in [1.165, 1.54) is 70.6 Å². The Bertz CT molecular complexity index is 507. The maximum Gasteiger partial charge on any atom is -0.0162 e. The molecule has 0 radical (unpaired) electrons. The first-order valence-electron chi connectivity index (χ1n) is 13.6. The molecule has 2 aliphatic rings. The van der Waals surface area contributed by atoms with E-state index < -0.39 is 0 Å². The van der Waals surface area contributed by atoms with Crippen LogP contribution in [0.2, 0.25) is 0 Å². The van der Waals surface area contributed by atoms with Gasteiger partial charge in [0, 0.05) is 0 Å².